The second-order valence-electron chi connectivity index (χ2n) is 8.07. The quantitative estimate of drug-likeness (QED) is 0.121. The van der Waals surface area contributed by atoms with Crippen LogP contribution in [0.2, 0.25) is 0 Å². The van der Waals surface area contributed by atoms with E-state index in [0.717, 1.165) is 50.0 Å². The lowest BCUT2D eigenvalue weighted by Crippen LogP contribution is -1.97. The highest BCUT2D eigenvalue weighted by Gasteiger charge is 2.27. The largest absolute Gasteiger partial charge is 0.440 e. The SMILES string of the molecule is CCCSP(=O)(OCC)Oc1ccc(CCCCc2ccc(OP(=O)(OCC)SCCC)cc2)cc1. The molecule has 36 heavy (non-hydrogen) atoms. The van der Waals surface area contributed by atoms with Crippen molar-refractivity contribution in [2.24, 2.45) is 0 Å². The maximum Gasteiger partial charge on any atom is 0.440 e. The van der Waals surface area contributed by atoms with Crippen molar-refractivity contribution in [3.05, 3.63) is 59.7 Å². The summed E-state index contributed by atoms with van der Waals surface area (Å²) in [4.78, 5) is 0. The summed E-state index contributed by atoms with van der Waals surface area (Å²) in [6, 6.07) is 15.6. The van der Waals surface area contributed by atoms with Crippen molar-refractivity contribution in [1.82, 2.24) is 0 Å². The fourth-order valence-corrected chi connectivity index (χ4v) is 10.2. The molecule has 0 saturated heterocycles. The maximum absolute atomic E-state index is 12.8. The Labute approximate surface area is 225 Å². The monoisotopic (exact) mass is 574 g/mol. The molecule has 2 atom stereocenters. The maximum atomic E-state index is 12.8. The Morgan fingerprint density at radius 1 is 0.611 bits per heavy atom. The zero-order valence-electron chi connectivity index (χ0n) is 21.9. The first-order valence-corrected chi connectivity index (χ1v) is 19.0. The van der Waals surface area contributed by atoms with Gasteiger partial charge in [0, 0.05) is 11.5 Å². The first-order valence-electron chi connectivity index (χ1n) is 12.7. The molecular formula is C26H40O6P2S2. The van der Waals surface area contributed by atoms with Crippen molar-refractivity contribution in [3.8, 4) is 11.5 Å². The molecule has 0 aliphatic carbocycles. The molecule has 0 aromatic heterocycles. The third kappa shape index (κ3) is 11.7. The molecule has 0 amide bonds. The van der Waals surface area contributed by atoms with Crippen LogP contribution < -0.4 is 9.05 Å². The molecule has 2 rings (SSSR count). The van der Waals surface area contributed by atoms with Gasteiger partial charge in [0.1, 0.15) is 11.5 Å². The minimum Gasteiger partial charge on any atom is -0.417 e. The van der Waals surface area contributed by atoms with Gasteiger partial charge in [0.2, 0.25) is 0 Å². The van der Waals surface area contributed by atoms with Gasteiger partial charge in [-0.25, -0.2) is 9.13 Å². The highest BCUT2D eigenvalue weighted by molar-refractivity contribution is 8.55. The molecule has 10 heteroatoms. The average molecular weight is 575 g/mol. The molecule has 0 saturated carbocycles. The van der Waals surface area contributed by atoms with Crippen LogP contribution in [0.1, 0.15) is 64.5 Å². The first kappa shape index (κ1) is 31.3. The molecular weight excluding hydrogens is 534 g/mol. The van der Waals surface area contributed by atoms with Crippen molar-refractivity contribution >= 4 is 36.4 Å². The molecule has 2 aromatic rings. The van der Waals surface area contributed by atoms with Crippen LogP contribution in [-0.2, 0) is 31.0 Å². The summed E-state index contributed by atoms with van der Waals surface area (Å²) in [6.45, 7) is 2.09. The standard InChI is InChI=1S/C26H40O6P2S2/c1-5-21-35-33(27,29-7-3)31-25-17-13-23(14-18-25)11-9-10-12-24-15-19-26(20-16-24)32-34(28,30-8-4)36-22-6-2/h13-20H,5-12,21-22H2,1-4H3. The van der Waals surface area contributed by atoms with Gasteiger partial charge in [-0.05, 0) is 111 Å². The number of hydrogen-bond donors (Lipinski definition) is 0. The van der Waals surface area contributed by atoms with Gasteiger partial charge in [-0.15, -0.1) is 0 Å². The van der Waals surface area contributed by atoms with E-state index < -0.39 is 13.6 Å². The fourth-order valence-electron chi connectivity index (χ4n) is 3.25. The van der Waals surface area contributed by atoms with Crippen LogP contribution in [0.15, 0.2) is 48.5 Å². The van der Waals surface area contributed by atoms with E-state index in [1.807, 2.05) is 76.2 Å². The van der Waals surface area contributed by atoms with Gasteiger partial charge >= 0.3 is 13.6 Å². The topological polar surface area (TPSA) is 71.1 Å². The van der Waals surface area contributed by atoms with Gasteiger partial charge in [-0.2, -0.15) is 0 Å². The molecule has 0 N–H and O–H groups in total. The minimum absolute atomic E-state index is 0.355. The van der Waals surface area contributed by atoms with Crippen LogP contribution in [0, 0.1) is 0 Å². The molecule has 0 aliphatic heterocycles. The zero-order valence-corrected chi connectivity index (χ0v) is 25.3. The Kier molecular flexibility index (Phi) is 14.7. The van der Waals surface area contributed by atoms with E-state index in [4.69, 9.17) is 18.1 Å². The van der Waals surface area contributed by atoms with E-state index in [2.05, 4.69) is 0 Å². The third-order valence-corrected chi connectivity index (χ3v) is 12.8. The number of benzene rings is 2. The summed E-state index contributed by atoms with van der Waals surface area (Å²) in [6.07, 6.45) is 5.85. The Morgan fingerprint density at radius 2 is 0.972 bits per heavy atom. The van der Waals surface area contributed by atoms with E-state index in [1.165, 1.54) is 33.9 Å². The predicted octanol–water partition coefficient (Wildman–Crippen LogP) is 9.59. The first-order chi connectivity index (χ1) is 17.3. The van der Waals surface area contributed by atoms with Crippen LogP contribution in [0.25, 0.3) is 0 Å². The number of hydrogen-bond acceptors (Lipinski definition) is 8. The summed E-state index contributed by atoms with van der Waals surface area (Å²) >= 11 is 2.51. The summed E-state index contributed by atoms with van der Waals surface area (Å²) in [5.41, 5.74) is 2.43. The van der Waals surface area contributed by atoms with E-state index >= 15 is 0 Å². The lowest BCUT2D eigenvalue weighted by molar-refractivity contribution is 0.295. The third-order valence-electron chi connectivity index (χ3n) is 4.94. The molecule has 0 fully saturated rings. The van der Waals surface area contributed by atoms with Gasteiger partial charge in [-0.3, -0.25) is 9.05 Å². The molecule has 0 bridgehead atoms. The molecule has 6 nitrogen and oxygen atoms in total. The second-order valence-corrected chi connectivity index (χ2v) is 16.3. The summed E-state index contributed by atoms with van der Waals surface area (Å²) < 4.78 is 47.9. The highest BCUT2D eigenvalue weighted by Crippen LogP contribution is 2.61. The number of aryl methyl sites for hydroxylation is 2. The summed E-state index contributed by atoms with van der Waals surface area (Å²) in [5.74, 6) is 2.61. The molecule has 2 unspecified atom stereocenters. The van der Waals surface area contributed by atoms with Crippen molar-refractivity contribution in [2.75, 3.05) is 24.7 Å². The molecule has 0 heterocycles. The predicted molar refractivity (Wildman–Crippen MR) is 155 cm³/mol. The zero-order chi connectivity index (χ0) is 26.3. The molecule has 0 spiro atoms. The number of unbranched alkanes of at least 4 members (excludes halogenated alkanes) is 1. The van der Waals surface area contributed by atoms with Gasteiger partial charge in [0.25, 0.3) is 0 Å². The van der Waals surface area contributed by atoms with E-state index in [1.54, 1.807) is 0 Å². The van der Waals surface area contributed by atoms with Crippen LogP contribution in [0.4, 0.5) is 0 Å². The highest BCUT2D eigenvalue weighted by atomic mass is 32.7. The lowest BCUT2D eigenvalue weighted by Gasteiger charge is -2.17. The minimum atomic E-state index is -3.17. The lowest BCUT2D eigenvalue weighted by atomic mass is 10.0. The molecule has 0 aliphatic rings. The van der Waals surface area contributed by atoms with Crippen molar-refractivity contribution < 1.29 is 27.2 Å². The van der Waals surface area contributed by atoms with Crippen molar-refractivity contribution in [1.29, 1.82) is 0 Å². The Balaban J connectivity index is 1.79. The van der Waals surface area contributed by atoms with E-state index in [9.17, 15) is 9.13 Å². The fraction of sp³-hybridized carbons (Fsp3) is 0.538. The second kappa shape index (κ2) is 16.9. The average Bonchev–Trinajstić information content (AvgIpc) is 2.86. The molecule has 2 aromatic carbocycles. The van der Waals surface area contributed by atoms with E-state index in [-0.39, 0.29) is 0 Å². The Bertz CT molecular complexity index is 890. The smallest absolute Gasteiger partial charge is 0.417 e. The van der Waals surface area contributed by atoms with Crippen LogP contribution in [-0.4, -0.2) is 24.7 Å². The van der Waals surface area contributed by atoms with Gasteiger partial charge in [0.05, 0.1) is 13.2 Å². The van der Waals surface area contributed by atoms with E-state index in [0.29, 0.717) is 24.7 Å². The van der Waals surface area contributed by atoms with Gasteiger partial charge in [-0.1, -0.05) is 38.1 Å². The van der Waals surface area contributed by atoms with Gasteiger partial charge in [0.15, 0.2) is 0 Å². The molecule has 0 radical (unpaired) electrons. The Morgan fingerprint density at radius 3 is 1.28 bits per heavy atom. The summed E-state index contributed by atoms with van der Waals surface area (Å²) in [5, 5.41) is 0. The van der Waals surface area contributed by atoms with Crippen molar-refractivity contribution in [2.45, 2.75) is 66.2 Å². The van der Waals surface area contributed by atoms with Crippen LogP contribution in [0.3, 0.4) is 0 Å². The van der Waals surface area contributed by atoms with Gasteiger partial charge < -0.3 is 9.05 Å². The van der Waals surface area contributed by atoms with Crippen molar-refractivity contribution in [3.63, 3.8) is 0 Å². The normalized spacial score (nSPS) is 14.7. The van der Waals surface area contributed by atoms with Crippen LogP contribution >= 0.6 is 36.4 Å². The van der Waals surface area contributed by atoms with Crippen LogP contribution in [0.5, 0.6) is 11.5 Å². The molecule has 202 valence electrons. The summed E-state index contributed by atoms with van der Waals surface area (Å²) in [7, 11) is 0. The Hall–Kier alpha value is -0.880. The number of rotatable bonds is 19.